The van der Waals surface area contributed by atoms with Gasteiger partial charge in [-0.15, -0.1) is 0 Å². The van der Waals surface area contributed by atoms with Gasteiger partial charge in [0.25, 0.3) is 5.91 Å². The van der Waals surface area contributed by atoms with Crippen LogP contribution in [0.4, 0.5) is 5.69 Å². The Morgan fingerprint density at radius 2 is 1.73 bits per heavy atom. The van der Waals surface area contributed by atoms with Crippen LogP contribution in [0.3, 0.4) is 0 Å². The van der Waals surface area contributed by atoms with Gasteiger partial charge in [0.2, 0.25) is 5.89 Å². The predicted octanol–water partition coefficient (Wildman–Crippen LogP) is 5.28. The Morgan fingerprint density at radius 3 is 2.57 bits per heavy atom. The lowest BCUT2D eigenvalue weighted by Crippen LogP contribution is -2.13. The zero-order valence-corrected chi connectivity index (χ0v) is 16.6. The summed E-state index contributed by atoms with van der Waals surface area (Å²) < 4.78 is 16.6. The van der Waals surface area contributed by atoms with Crippen LogP contribution in [-0.4, -0.2) is 25.1 Å². The number of nitrogens with one attached hydrogen (secondary N) is 1. The number of benzene rings is 3. The molecule has 0 aliphatic carbocycles. The van der Waals surface area contributed by atoms with E-state index in [1.54, 1.807) is 50.7 Å². The highest BCUT2D eigenvalue weighted by molar-refractivity contribution is 6.08. The van der Waals surface area contributed by atoms with Gasteiger partial charge in [0.05, 0.1) is 31.7 Å². The maximum Gasteiger partial charge on any atom is 0.256 e. The van der Waals surface area contributed by atoms with Crippen LogP contribution in [0.25, 0.3) is 22.8 Å². The molecule has 0 atom stereocenters. The molecule has 1 N–H and O–H groups in total. The first-order valence-corrected chi connectivity index (χ1v) is 9.33. The molecule has 1 heterocycles. The molecular weight excluding hydrogens is 380 g/mol. The van der Waals surface area contributed by atoms with E-state index in [1.807, 2.05) is 42.5 Å². The van der Waals surface area contributed by atoms with Crippen LogP contribution in [0.5, 0.6) is 11.5 Å². The lowest BCUT2D eigenvalue weighted by molar-refractivity contribution is 0.102. The summed E-state index contributed by atoms with van der Waals surface area (Å²) in [5.74, 6) is 1.97. The predicted molar refractivity (Wildman–Crippen MR) is 115 cm³/mol. The van der Waals surface area contributed by atoms with Crippen LogP contribution >= 0.6 is 0 Å². The highest BCUT2D eigenvalue weighted by Gasteiger charge is 2.18. The molecule has 0 unspecified atom stereocenters. The van der Waals surface area contributed by atoms with Crippen LogP contribution in [0.2, 0.25) is 0 Å². The van der Waals surface area contributed by atoms with Gasteiger partial charge in [-0.1, -0.05) is 36.4 Å². The van der Waals surface area contributed by atoms with Crippen molar-refractivity contribution in [3.8, 4) is 34.3 Å². The van der Waals surface area contributed by atoms with E-state index >= 15 is 0 Å². The van der Waals surface area contributed by atoms with E-state index < -0.39 is 0 Å². The average molecular weight is 400 g/mol. The number of amides is 1. The Bertz CT molecular complexity index is 1180. The minimum Gasteiger partial charge on any atom is -0.497 e. The molecule has 6 nitrogen and oxygen atoms in total. The van der Waals surface area contributed by atoms with Gasteiger partial charge in [-0.3, -0.25) is 4.79 Å². The fraction of sp³-hybridized carbons (Fsp3) is 0.0833. The summed E-state index contributed by atoms with van der Waals surface area (Å²) in [7, 11) is 3.17. The molecule has 3 aromatic carbocycles. The molecule has 0 aliphatic heterocycles. The van der Waals surface area contributed by atoms with Gasteiger partial charge < -0.3 is 19.2 Å². The number of carbonyl (C=O) groups is 1. The monoisotopic (exact) mass is 400 g/mol. The second-order valence-corrected chi connectivity index (χ2v) is 6.46. The van der Waals surface area contributed by atoms with Gasteiger partial charge in [0.1, 0.15) is 11.5 Å². The Balaban J connectivity index is 1.65. The quantitative estimate of drug-likeness (QED) is 0.477. The molecule has 1 aromatic heterocycles. The van der Waals surface area contributed by atoms with E-state index in [1.165, 1.54) is 0 Å². The lowest BCUT2D eigenvalue weighted by atomic mass is 10.1. The molecule has 0 radical (unpaired) electrons. The van der Waals surface area contributed by atoms with Crippen molar-refractivity contribution in [3.63, 3.8) is 0 Å². The summed E-state index contributed by atoms with van der Waals surface area (Å²) in [6, 6.07) is 21.9. The minimum atomic E-state index is -0.281. The fourth-order valence-electron chi connectivity index (χ4n) is 3.11. The summed E-state index contributed by atoms with van der Waals surface area (Å²) in [6.07, 6.45) is 1.64. The molecule has 0 bridgehead atoms. The van der Waals surface area contributed by atoms with Crippen LogP contribution in [0, 0.1) is 0 Å². The highest BCUT2D eigenvalue weighted by atomic mass is 16.5. The van der Waals surface area contributed by atoms with E-state index in [9.17, 15) is 4.79 Å². The SMILES string of the molecule is COc1cccc(-c2cnc(-c3ccccc3C(=O)Nc3ccccc3OC)o2)c1. The van der Waals surface area contributed by atoms with Crippen molar-refractivity contribution in [2.45, 2.75) is 0 Å². The van der Waals surface area contributed by atoms with Crippen LogP contribution in [-0.2, 0) is 0 Å². The number of carbonyl (C=O) groups excluding carboxylic acids is 1. The zero-order chi connectivity index (χ0) is 20.9. The largest absolute Gasteiger partial charge is 0.497 e. The Kier molecular flexibility index (Phi) is 5.48. The van der Waals surface area contributed by atoms with Crippen LogP contribution < -0.4 is 14.8 Å². The Labute approximate surface area is 174 Å². The normalized spacial score (nSPS) is 10.5. The maximum atomic E-state index is 13.0. The third-order valence-electron chi connectivity index (χ3n) is 4.62. The summed E-state index contributed by atoms with van der Waals surface area (Å²) >= 11 is 0. The summed E-state index contributed by atoms with van der Waals surface area (Å²) in [4.78, 5) is 17.4. The second kappa shape index (κ2) is 8.53. The van der Waals surface area contributed by atoms with Crippen LogP contribution in [0.1, 0.15) is 10.4 Å². The third kappa shape index (κ3) is 3.89. The van der Waals surface area contributed by atoms with Gasteiger partial charge in [-0.2, -0.15) is 0 Å². The van der Waals surface area contributed by atoms with Gasteiger partial charge in [0, 0.05) is 11.1 Å². The van der Waals surface area contributed by atoms with Gasteiger partial charge in [-0.25, -0.2) is 4.98 Å². The molecule has 0 saturated heterocycles. The number of methoxy groups -OCH3 is 2. The summed E-state index contributed by atoms with van der Waals surface area (Å²) in [5.41, 5.74) is 2.47. The van der Waals surface area contributed by atoms with E-state index in [0.717, 1.165) is 11.3 Å². The van der Waals surface area contributed by atoms with E-state index in [2.05, 4.69) is 10.3 Å². The van der Waals surface area contributed by atoms with Gasteiger partial charge >= 0.3 is 0 Å². The first-order valence-electron chi connectivity index (χ1n) is 9.33. The van der Waals surface area contributed by atoms with Gasteiger partial charge in [-0.05, 0) is 36.4 Å². The van der Waals surface area contributed by atoms with E-state index in [-0.39, 0.29) is 5.91 Å². The van der Waals surface area contributed by atoms with Crippen molar-refractivity contribution in [1.82, 2.24) is 4.98 Å². The zero-order valence-electron chi connectivity index (χ0n) is 16.6. The number of anilines is 1. The van der Waals surface area contributed by atoms with Crippen molar-refractivity contribution in [2.75, 3.05) is 19.5 Å². The topological polar surface area (TPSA) is 73.6 Å². The van der Waals surface area contributed by atoms with Crippen molar-refractivity contribution in [2.24, 2.45) is 0 Å². The first-order chi connectivity index (χ1) is 14.7. The third-order valence-corrected chi connectivity index (χ3v) is 4.62. The van der Waals surface area contributed by atoms with Crippen molar-refractivity contribution in [1.29, 1.82) is 0 Å². The number of oxazole rings is 1. The Hall–Kier alpha value is -4.06. The molecule has 0 saturated carbocycles. The highest BCUT2D eigenvalue weighted by Crippen LogP contribution is 2.31. The first kappa shape index (κ1) is 19.3. The minimum absolute atomic E-state index is 0.281. The number of hydrogen-bond donors (Lipinski definition) is 1. The number of nitrogens with zero attached hydrogens (tertiary/aromatic N) is 1. The molecule has 4 rings (SSSR count). The standard InChI is InChI=1S/C24H20N2O4/c1-28-17-9-7-8-16(14-17)22-15-25-24(30-22)19-11-4-3-10-18(19)23(27)26-20-12-5-6-13-21(20)29-2/h3-15H,1-2H3,(H,26,27). The molecule has 30 heavy (non-hydrogen) atoms. The maximum absolute atomic E-state index is 13.0. The molecule has 4 aromatic rings. The smallest absolute Gasteiger partial charge is 0.256 e. The molecule has 150 valence electrons. The molecule has 0 aliphatic rings. The average Bonchev–Trinajstić information content (AvgIpc) is 3.30. The Morgan fingerprint density at radius 1 is 0.933 bits per heavy atom. The summed E-state index contributed by atoms with van der Waals surface area (Å²) in [5, 5.41) is 2.89. The van der Waals surface area contributed by atoms with E-state index in [0.29, 0.717) is 34.2 Å². The van der Waals surface area contributed by atoms with E-state index in [4.69, 9.17) is 13.9 Å². The second-order valence-electron chi connectivity index (χ2n) is 6.46. The van der Waals surface area contributed by atoms with Gasteiger partial charge in [0.15, 0.2) is 5.76 Å². The molecule has 0 fully saturated rings. The number of rotatable bonds is 6. The number of aromatic nitrogens is 1. The van der Waals surface area contributed by atoms with Crippen molar-refractivity contribution in [3.05, 3.63) is 84.6 Å². The molecule has 6 heteroatoms. The van der Waals surface area contributed by atoms with Crippen LogP contribution in [0.15, 0.2) is 83.4 Å². The fourth-order valence-corrected chi connectivity index (χ4v) is 3.11. The number of para-hydroxylation sites is 2. The lowest BCUT2D eigenvalue weighted by Gasteiger charge is -2.11. The van der Waals surface area contributed by atoms with Crippen molar-refractivity contribution < 1.29 is 18.7 Å². The number of hydrogen-bond acceptors (Lipinski definition) is 5. The molecular formula is C24H20N2O4. The molecule has 0 spiro atoms. The summed E-state index contributed by atoms with van der Waals surface area (Å²) in [6.45, 7) is 0. The molecule has 1 amide bonds. The number of ether oxygens (including phenoxy) is 2. The van der Waals surface area contributed by atoms with Crippen molar-refractivity contribution >= 4 is 11.6 Å².